The van der Waals surface area contributed by atoms with Crippen molar-refractivity contribution in [2.75, 3.05) is 0 Å². The Hall–Kier alpha value is -2.69. The number of rotatable bonds is 2. The van der Waals surface area contributed by atoms with Crippen molar-refractivity contribution in [3.8, 4) is 0 Å². The second kappa shape index (κ2) is 5.15. The first-order chi connectivity index (χ1) is 11.8. The zero-order chi connectivity index (χ0) is 17.9. The molecule has 0 spiro atoms. The summed E-state index contributed by atoms with van der Waals surface area (Å²) >= 11 is 0. The van der Waals surface area contributed by atoms with Crippen LogP contribution in [0.1, 0.15) is 31.1 Å². The van der Waals surface area contributed by atoms with Gasteiger partial charge in [0.15, 0.2) is 0 Å². The van der Waals surface area contributed by atoms with Crippen molar-refractivity contribution in [2.45, 2.75) is 26.2 Å². The molecule has 0 aliphatic carbocycles. The van der Waals surface area contributed by atoms with Gasteiger partial charge in [-0.2, -0.15) is 0 Å². The molecule has 4 rings (SSSR count). The van der Waals surface area contributed by atoms with Crippen molar-refractivity contribution in [1.29, 1.82) is 0 Å². The fourth-order valence-electron chi connectivity index (χ4n) is 3.68. The van der Waals surface area contributed by atoms with E-state index in [4.69, 9.17) is 9.97 Å². The molecule has 0 amide bonds. The lowest BCUT2D eigenvalue weighted by molar-refractivity contribution is 0.516. The minimum absolute atomic E-state index is 0.252. The molecule has 0 unspecified atom stereocenters. The van der Waals surface area contributed by atoms with Crippen LogP contribution in [0.4, 0.5) is 4.39 Å². The fraction of sp³-hybridized carbons (Fsp3) is 0.300. The third-order valence-corrected chi connectivity index (χ3v) is 5.00. The van der Waals surface area contributed by atoms with E-state index in [2.05, 4.69) is 43.5 Å². The van der Waals surface area contributed by atoms with E-state index in [1.165, 1.54) is 17.7 Å². The predicted molar refractivity (Wildman–Crippen MR) is 98.3 cm³/mol. The Kier molecular flexibility index (Phi) is 3.26. The molecule has 0 N–H and O–H groups in total. The van der Waals surface area contributed by atoms with E-state index >= 15 is 0 Å². The normalized spacial score (nSPS) is 12.4. The van der Waals surface area contributed by atoms with Gasteiger partial charge in [-0.3, -0.25) is 0 Å². The standard InChI is InChI=1S/C20H21FN4/c1-12-6-8-14-16(10-12)24(4)18(22-14)20(2,3)19-23-15-9-7-13(21)11-17(15)25(19)5/h6-11H,1-5H3. The van der Waals surface area contributed by atoms with Crippen molar-refractivity contribution in [3.05, 3.63) is 59.4 Å². The third kappa shape index (κ3) is 2.26. The Labute approximate surface area is 145 Å². The molecule has 0 fully saturated rings. The SMILES string of the molecule is Cc1ccc2nc(C(C)(C)c3nc4ccc(F)cc4n3C)n(C)c2c1. The highest BCUT2D eigenvalue weighted by Gasteiger charge is 2.33. The third-order valence-electron chi connectivity index (χ3n) is 5.00. The average Bonchev–Trinajstić information content (AvgIpc) is 3.07. The van der Waals surface area contributed by atoms with Gasteiger partial charge < -0.3 is 9.13 Å². The van der Waals surface area contributed by atoms with E-state index < -0.39 is 5.41 Å². The van der Waals surface area contributed by atoms with Crippen molar-refractivity contribution in [3.63, 3.8) is 0 Å². The molecule has 2 aromatic heterocycles. The average molecular weight is 336 g/mol. The van der Waals surface area contributed by atoms with Crippen LogP contribution >= 0.6 is 0 Å². The molecule has 0 aliphatic rings. The molecular formula is C20H21FN4. The number of aromatic nitrogens is 4. The molecule has 0 atom stereocenters. The summed E-state index contributed by atoms with van der Waals surface area (Å²) in [5.74, 6) is 1.55. The van der Waals surface area contributed by atoms with Crippen LogP contribution in [0, 0.1) is 12.7 Å². The molecule has 0 saturated heterocycles. The van der Waals surface area contributed by atoms with Crippen molar-refractivity contribution < 1.29 is 4.39 Å². The monoisotopic (exact) mass is 336 g/mol. The van der Waals surface area contributed by atoms with Crippen LogP contribution in [0.15, 0.2) is 36.4 Å². The summed E-state index contributed by atoms with van der Waals surface area (Å²) in [7, 11) is 3.97. The quantitative estimate of drug-likeness (QED) is 0.549. The zero-order valence-electron chi connectivity index (χ0n) is 15.1. The van der Waals surface area contributed by atoms with Gasteiger partial charge in [0, 0.05) is 14.1 Å². The first-order valence-corrected chi connectivity index (χ1v) is 8.35. The number of halogens is 1. The Morgan fingerprint density at radius 3 is 1.96 bits per heavy atom. The van der Waals surface area contributed by atoms with Gasteiger partial charge in [-0.15, -0.1) is 0 Å². The van der Waals surface area contributed by atoms with Gasteiger partial charge >= 0.3 is 0 Å². The maximum absolute atomic E-state index is 13.6. The maximum atomic E-state index is 13.6. The Bertz CT molecular complexity index is 1030. The van der Waals surface area contributed by atoms with Crippen LogP contribution in [0.25, 0.3) is 22.1 Å². The van der Waals surface area contributed by atoms with E-state index in [1.807, 2.05) is 18.7 Å². The lowest BCUT2D eigenvalue weighted by atomic mass is 9.91. The van der Waals surface area contributed by atoms with Gasteiger partial charge in [-0.1, -0.05) is 6.07 Å². The molecule has 2 heterocycles. The molecule has 0 radical (unpaired) electrons. The van der Waals surface area contributed by atoms with E-state index in [0.717, 1.165) is 33.7 Å². The minimum atomic E-state index is -0.425. The number of hydrogen-bond acceptors (Lipinski definition) is 2. The number of fused-ring (bicyclic) bond motifs is 2. The van der Waals surface area contributed by atoms with E-state index in [1.54, 1.807) is 6.07 Å². The highest BCUT2D eigenvalue weighted by atomic mass is 19.1. The largest absolute Gasteiger partial charge is 0.330 e. The highest BCUT2D eigenvalue weighted by Crippen LogP contribution is 2.33. The Morgan fingerprint density at radius 2 is 1.36 bits per heavy atom. The van der Waals surface area contributed by atoms with Crippen molar-refractivity contribution in [2.24, 2.45) is 14.1 Å². The minimum Gasteiger partial charge on any atom is -0.330 e. The molecule has 4 aromatic rings. The summed E-state index contributed by atoms with van der Waals surface area (Å²) in [5, 5.41) is 0. The predicted octanol–water partition coefficient (Wildman–Crippen LogP) is 4.23. The van der Waals surface area contributed by atoms with Gasteiger partial charge in [-0.05, 0) is 56.7 Å². The summed E-state index contributed by atoms with van der Waals surface area (Å²) in [6.07, 6.45) is 0. The Balaban J connectivity index is 1.96. The van der Waals surface area contributed by atoms with Crippen LogP contribution in [0.5, 0.6) is 0 Å². The summed E-state index contributed by atoms with van der Waals surface area (Å²) in [5.41, 5.74) is 4.44. The van der Waals surface area contributed by atoms with Crippen LogP contribution in [0.3, 0.4) is 0 Å². The molecule has 2 aromatic carbocycles. The summed E-state index contributed by atoms with van der Waals surface area (Å²) in [6, 6.07) is 11.0. The molecule has 0 saturated carbocycles. The molecule has 128 valence electrons. The number of aryl methyl sites for hydroxylation is 3. The lowest BCUT2D eigenvalue weighted by Gasteiger charge is -2.23. The van der Waals surface area contributed by atoms with Crippen molar-refractivity contribution in [1.82, 2.24) is 19.1 Å². The van der Waals surface area contributed by atoms with Crippen LogP contribution < -0.4 is 0 Å². The summed E-state index contributed by atoms with van der Waals surface area (Å²) < 4.78 is 17.7. The maximum Gasteiger partial charge on any atom is 0.125 e. The molecule has 0 aliphatic heterocycles. The van der Waals surface area contributed by atoms with Gasteiger partial charge in [0.05, 0.1) is 27.5 Å². The van der Waals surface area contributed by atoms with E-state index in [9.17, 15) is 4.39 Å². The van der Waals surface area contributed by atoms with Gasteiger partial charge in [-0.25, -0.2) is 14.4 Å². The van der Waals surface area contributed by atoms with Crippen LogP contribution in [-0.4, -0.2) is 19.1 Å². The van der Waals surface area contributed by atoms with E-state index in [0.29, 0.717) is 0 Å². The topological polar surface area (TPSA) is 35.6 Å². The summed E-state index contributed by atoms with van der Waals surface area (Å²) in [6.45, 7) is 6.30. The molecule has 25 heavy (non-hydrogen) atoms. The highest BCUT2D eigenvalue weighted by molar-refractivity contribution is 5.78. The number of nitrogens with zero attached hydrogens (tertiary/aromatic N) is 4. The summed E-state index contributed by atoms with van der Waals surface area (Å²) in [4.78, 5) is 9.64. The second-order valence-corrected chi connectivity index (χ2v) is 7.24. The smallest absolute Gasteiger partial charge is 0.125 e. The first kappa shape index (κ1) is 15.8. The number of hydrogen-bond donors (Lipinski definition) is 0. The van der Waals surface area contributed by atoms with Crippen molar-refractivity contribution >= 4 is 22.1 Å². The number of benzene rings is 2. The molecular weight excluding hydrogens is 315 g/mol. The van der Waals surface area contributed by atoms with Crippen LogP contribution in [0.2, 0.25) is 0 Å². The molecule has 0 bridgehead atoms. The van der Waals surface area contributed by atoms with Gasteiger partial charge in [0.25, 0.3) is 0 Å². The zero-order valence-corrected chi connectivity index (χ0v) is 15.1. The Morgan fingerprint density at radius 1 is 0.840 bits per heavy atom. The first-order valence-electron chi connectivity index (χ1n) is 8.35. The lowest BCUT2D eigenvalue weighted by Crippen LogP contribution is -2.27. The fourth-order valence-corrected chi connectivity index (χ4v) is 3.68. The molecule has 4 nitrogen and oxygen atoms in total. The second-order valence-electron chi connectivity index (χ2n) is 7.24. The van der Waals surface area contributed by atoms with Gasteiger partial charge in [0.2, 0.25) is 0 Å². The van der Waals surface area contributed by atoms with Gasteiger partial charge in [0.1, 0.15) is 17.5 Å². The van der Waals surface area contributed by atoms with Crippen LogP contribution in [-0.2, 0) is 19.5 Å². The van der Waals surface area contributed by atoms with E-state index in [-0.39, 0.29) is 5.82 Å². The number of imidazole rings is 2. The molecule has 5 heteroatoms.